The summed E-state index contributed by atoms with van der Waals surface area (Å²) in [6, 6.07) is 7.96. The lowest BCUT2D eigenvalue weighted by molar-refractivity contribution is -0.137. The van der Waals surface area contributed by atoms with Crippen molar-refractivity contribution in [3.8, 4) is 0 Å². The lowest BCUT2D eigenvalue weighted by Gasteiger charge is -2.34. The van der Waals surface area contributed by atoms with Crippen LogP contribution in [0.1, 0.15) is 38.3 Å². The molecule has 158 valence electrons. The molecule has 1 heterocycles. The zero-order chi connectivity index (χ0) is 21.4. The van der Waals surface area contributed by atoms with Crippen molar-refractivity contribution >= 4 is 24.0 Å². The van der Waals surface area contributed by atoms with E-state index >= 15 is 0 Å². The third kappa shape index (κ3) is 7.97. The van der Waals surface area contributed by atoms with Crippen molar-refractivity contribution in [1.82, 2.24) is 15.1 Å². The number of nitrogens with zero attached hydrogens (tertiary/aromatic N) is 2. The van der Waals surface area contributed by atoms with E-state index in [1.807, 2.05) is 37.3 Å². The molecule has 29 heavy (non-hydrogen) atoms. The molecule has 1 aliphatic heterocycles. The molecule has 0 saturated carbocycles. The third-order valence-corrected chi connectivity index (χ3v) is 4.45. The number of carbonyl (C=O) groups excluding carboxylic acids is 3. The molecule has 0 radical (unpaired) electrons. The Balaban J connectivity index is 1.71. The molecule has 0 unspecified atom stereocenters. The van der Waals surface area contributed by atoms with E-state index in [1.54, 1.807) is 36.6 Å². The summed E-state index contributed by atoms with van der Waals surface area (Å²) in [5.41, 5.74) is 1.59. The number of nitrogens with one attached hydrogen (secondary N) is 1. The number of hydrogen-bond acceptors (Lipinski definition) is 4. The van der Waals surface area contributed by atoms with Gasteiger partial charge in [0.1, 0.15) is 5.60 Å². The second-order valence-electron chi connectivity index (χ2n) is 8.13. The van der Waals surface area contributed by atoms with Gasteiger partial charge in [-0.15, -0.1) is 0 Å². The van der Waals surface area contributed by atoms with Gasteiger partial charge in [0, 0.05) is 45.2 Å². The minimum atomic E-state index is -0.565. The Bertz CT molecular complexity index is 742. The summed E-state index contributed by atoms with van der Waals surface area (Å²) in [4.78, 5) is 39.7. The van der Waals surface area contributed by atoms with Gasteiger partial charge < -0.3 is 19.9 Å². The lowest BCUT2D eigenvalue weighted by atomic mass is 10.1. The van der Waals surface area contributed by atoms with Crippen molar-refractivity contribution in [2.45, 2.75) is 39.7 Å². The zero-order valence-corrected chi connectivity index (χ0v) is 17.7. The molecular weight excluding hydrogens is 370 g/mol. The van der Waals surface area contributed by atoms with Gasteiger partial charge in [-0.1, -0.05) is 29.8 Å². The minimum absolute atomic E-state index is 0.0386. The highest BCUT2D eigenvalue weighted by atomic mass is 16.6. The number of amides is 3. The first-order valence-corrected chi connectivity index (χ1v) is 9.92. The van der Waals surface area contributed by atoms with Crippen LogP contribution in [0.25, 0.3) is 6.08 Å². The Hall–Kier alpha value is -2.83. The number of hydrogen-bond donors (Lipinski definition) is 1. The van der Waals surface area contributed by atoms with Gasteiger partial charge in [0.05, 0.1) is 0 Å². The van der Waals surface area contributed by atoms with E-state index in [2.05, 4.69) is 5.32 Å². The number of aryl methyl sites for hydroxylation is 1. The number of piperazine rings is 1. The monoisotopic (exact) mass is 401 g/mol. The Labute approximate surface area is 172 Å². The van der Waals surface area contributed by atoms with Gasteiger partial charge in [-0.05, 0) is 39.3 Å². The topological polar surface area (TPSA) is 79.0 Å². The first-order chi connectivity index (χ1) is 13.6. The number of benzene rings is 1. The standard InChI is InChI=1S/C22H31N3O4/c1-17-5-7-18(8-6-17)9-10-19(26)24-13-15-25(16-14-24)20(27)11-12-23-21(28)29-22(2,3)4/h5-10H,11-16H2,1-4H3,(H,23,28)/b10-9+. The molecule has 1 aromatic rings. The molecule has 0 aliphatic carbocycles. The molecule has 1 aromatic carbocycles. The SMILES string of the molecule is Cc1ccc(/C=C/C(=O)N2CCN(C(=O)CCNC(=O)OC(C)(C)C)CC2)cc1. The number of ether oxygens (including phenoxy) is 1. The van der Waals surface area contributed by atoms with E-state index in [4.69, 9.17) is 4.74 Å². The molecule has 1 saturated heterocycles. The van der Waals surface area contributed by atoms with Crippen LogP contribution in [0.3, 0.4) is 0 Å². The van der Waals surface area contributed by atoms with Crippen molar-refractivity contribution in [2.24, 2.45) is 0 Å². The van der Waals surface area contributed by atoms with Gasteiger partial charge in [-0.2, -0.15) is 0 Å². The molecule has 1 fully saturated rings. The summed E-state index contributed by atoms with van der Waals surface area (Å²) < 4.78 is 5.14. The molecule has 2 rings (SSSR count). The van der Waals surface area contributed by atoms with Gasteiger partial charge in [-0.3, -0.25) is 9.59 Å². The maximum atomic E-state index is 12.4. The van der Waals surface area contributed by atoms with Crippen LogP contribution < -0.4 is 5.32 Å². The predicted octanol–water partition coefficient (Wildman–Crippen LogP) is 2.59. The van der Waals surface area contributed by atoms with E-state index in [0.29, 0.717) is 26.2 Å². The Morgan fingerprint density at radius 2 is 1.62 bits per heavy atom. The highest BCUT2D eigenvalue weighted by Gasteiger charge is 2.23. The molecule has 1 aliphatic rings. The summed E-state index contributed by atoms with van der Waals surface area (Å²) in [6.45, 7) is 9.60. The van der Waals surface area contributed by atoms with E-state index < -0.39 is 11.7 Å². The number of alkyl carbamates (subject to hydrolysis) is 1. The van der Waals surface area contributed by atoms with Gasteiger partial charge in [0.2, 0.25) is 11.8 Å². The quantitative estimate of drug-likeness (QED) is 0.769. The van der Waals surface area contributed by atoms with Crippen LogP contribution in [0.15, 0.2) is 30.3 Å². The van der Waals surface area contributed by atoms with Crippen LogP contribution in [-0.2, 0) is 14.3 Å². The Kier molecular flexibility index (Phi) is 7.82. The molecule has 0 bridgehead atoms. The lowest BCUT2D eigenvalue weighted by Crippen LogP contribution is -2.50. The molecule has 0 aromatic heterocycles. The number of rotatable bonds is 5. The highest BCUT2D eigenvalue weighted by Crippen LogP contribution is 2.09. The Morgan fingerprint density at radius 1 is 1.03 bits per heavy atom. The van der Waals surface area contributed by atoms with Crippen LogP contribution in [0.5, 0.6) is 0 Å². The fraction of sp³-hybridized carbons (Fsp3) is 0.500. The third-order valence-electron chi connectivity index (χ3n) is 4.45. The average molecular weight is 402 g/mol. The molecule has 3 amide bonds. The van der Waals surface area contributed by atoms with Crippen LogP contribution in [0.2, 0.25) is 0 Å². The Morgan fingerprint density at radius 3 is 2.21 bits per heavy atom. The van der Waals surface area contributed by atoms with E-state index in [1.165, 1.54) is 5.56 Å². The number of carbonyl (C=O) groups is 3. The minimum Gasteiger partial charge on any atom is -0.444 e. The second-order valence-corrected chi connectivity index (χ2v) is 8.13. The largest absolute Gasteiger partial charge is 0.444 e. The van der Waals surface area contributed by atoms with Gasteiger partial charge in [0.15, 0.2) is 0 Å². The maximum absolute atomic E-state index is 12.4. The van der Waals surface area contributed by atoms with E-state index in [9.17, 15) is 14.4 Å². The first kappa shape index (κ1) is 22.5. The summed E-state index contributed by atoms with van der Waals surface area (Å²) in [6.07, 6.45) is 3.07. The van der Waals surface area contributed by atoms with Gasteiger partial charge >= 0.3 is 6.09 Å². The van der Waals surface area contributed by atoms with Crippen LogP contribution in [-0.4, -0.2) is 66.0 Å². The summed E-state index contributed by atoms with van der Waals surface area (Å²) in [7, 11) is 0. The van der Waals surface area contributed by atoms with Crippen molar-refractivity contribution in [2.75, 3.05) is 32.7 Å². The van der Waals surface area contributed by atoms with Crippen LogP contribution >= 0.6 is 0 Å². The van der Waals surface area contributed by atoms with Crippen LogP contribution in [0.4, 0.5) is 4.79 Å². The molecule has 0 spiro atoms. The fourth-order valence-corrected chi connectivity index (χ4v) is 2.87. The highest BCUT2D eigenvalue weighted by molar-refractivity contribution is 5.92. The average Bonchev–Trinajstić information content (AvgIpc) is 2.66. The maximum Gasteiger partial charge on any atom is 0.407 e. The molecule has 0 atom stereocenters. The molecule has 1 N–H and O–H groups in total. The normalized spacial score (nSPS) is 14.8. The summed E-state index contributed by atoms with van der Waals surface area (Å²) >= 11 is 0. The van der Waals surface area contributed by atoms with Crippen molar-refractivity contribution in [1.29, 1.82) is 0 Å². The summed E-state index contributed by atoms with van der Waals surface area (Å²) in [5.74, 6) is -0.0902. The molecule has 7 nitrogen and oxygen atoms in total. The van der Waals surface area contributed by atoms with E-state index in [0.717, 1.165) is 5.56 Å². The fourth-order valence-electron chi connectivity index (χ4n) is 2.87. The molecular formula is C22H31N3O4. The van der Waals surface area contributed by atoms with Crippen molar-refractivity contribution in [3.05, 3.63) is 41.5 Å². The van der Waals surface area contributed by atoms with E-state index in [-0.39, 0.29) is 24.8 Å². The summed E-state index contributed by atoms with van der Waals surface area (Å²) in [5, 5.41) is 2.59. The smallest absolute Gasteiger partial charge is 0.407 e. The van der Waals surface area contributed by atoms with Crippen molar-refractivity contribution < 1.29 is 19.1 Å². The van der Waals surface area contributed by atoms with Gasteiger partial charge in [0.25, 0.3) is 0 Å². The van der Waals surface area contributed by atoms with Gasteiger partial charge in [-0.25, -0.2) is 4.79 Å². The zero-order valence-electron chi connectivity index (χ0n) is 17.7. The van der Waals surface area contributed by atoms with Crippen molar-refractivity contribution in [3.63, 3.8) is 0 Å². The predicted molar refractivity (Wildman–Crippen MR) is 112 cm³/mol. The molecule has 7 heteroatoms. The first-order valence-electron chi connectivity index (χ1n) is 9.92. The second kappa shape index (κ2) is 10.1. The van der Waals surface area contributed by atoms with Crippen LogP contribution in [0, 0.1) is 6.92 Å².